The minimum atomic E-state index is -1.77. The van der Waals surface area contributed by atoms with E-state index in [2.05, 4.69) is 30.9 Å². The number of aliphatic imine (C=N–C) groups is 1. The number of carboxylic acids is 2. The van der Waals surface area contributed by atoms with Gasteiger partial charge < -0.3 is 40.5 Å². The van der Waals surface area contributed by atoms with Gasteiger partial charge in [0, 0.05) is 41.6 Å². The van der Waals surface area contributed by atoms with Crippen LogP contribution < -0.4 is 20.9 Å². The van der Waals surface area contributed by atoms with Crippen LogP contribution in [0.25, 0.3) is 10.9 Å². The minimum absolute atomic E-state index is 0.0215. The van der Waals surface area contributed by atoms with Gasteiger partial charge in [-0.3, -0.25) is 19.5 Å². The van der Waals surface area contributed by atoms with Gasteiger partial charge in [-0.05, 0) is 19.9 Å². The van der Waals surface area contributed by atoms with Crippen molar-refractivity contribution in [1.29, 1.82) is 0 Å². The Kier molecular flexibility index (Phi) is 8.71. The first-order valence-electron chi connectivity index (χ1n) is 15.5. The SMILES string of the molecule is CC(C)(O/N=C(\C(=O)N[C@@H]1C(=O)N2C(C(=O)O)=C(C[n+]3ccc4c(ccn4Cc4cc(C5=NCCN5)no4)c3)CS[C@H]12)c1csc(N)n1)C(=O)O. The number of pyridine rings is 1. The van der Waals surface area contributed by atoms with Crippen LogP contribution in [0.4, 0.5) is 5.13 Å². The lowest BCUT2D eigenvalue weighted by Gasteiger charge is -2.49. The third-order valence-electron chi connectivity index (χ3n) is 8.34. The number of carbonyl (C=O) groups is 4. The zero-order valence-electron chi connectivity index (χ0n) is 27.1. The fraction of sp³-hybridized carbons (Fsp3) is 0.323. The van der Waals surface area contributed by atoms with Gasteiger partial charge in [0.1, 0.15) is 28.5 Å². The normalized spacial score (nSPS) is 19.0. The number of nitrogens with two attached hydrogens (primary N) is 1. The van der Waals surface area contributed by atoms with Crippen LogP contribution in [0.5, 0.6) is 0 Å². The van der Waals surface area contributed by atoms with Gasteiger partial charge in [0.2, 0.25) is 5.60 Å². The largest absolute Gasteiger partial charge is 0.478 e. The number of aromatic nitrogens is 4. The van der Waals surface area contributed by atoms with Crippen molar-refractivity contribution in [3.05, 3.63) is 70.6 Å². The molecular weight excluding hydrogens is 705 g/mol. The molecule has 1 fully saturated rings. The number of amidine groups is 1. The third kappa shape index (κ3) is 6.50. The number of fused-ring (bicyclic) bond motifs is 2. The van der Waals surface area contributed by atoms with E-state index in [1.807, 2.05) is 45.9 Å². The van der Waals surface area contributed by atoms with Gasteiger partial charge in [-0.15, -0.1) is 23.1 Å². The number of hydrogen-bond donors (Lipinski definition) is 5. The number of β-lactam (4-membered cyclic amide) rings is 1. The molecule has 0 aliphatic carbocycles. The Hall–Kier alpha value is -5.76. The second-order valence-electron chi connectivity index (χ2n) is 12.3. The first kappa shape index (κ1) is 33.7. The number of thiazole rings is 1. The number of anilines is 1. The number of thioether (sulfide) groups is 1. The summed E-state index contributed by atoms with van der Waals surface area (Å²) in [5, 5.41) is 35.0. The van der Waals surface area contributed by atoms with Gasteiger partial charge in [0.05, 0.1) is 24.0 Å². The number of nitrogens with zero attached hydrogens (tertiary/aromatic N) is 7. The van der Waals surface area contributed by atoms with Crippen LogP contribution in [-0.4, -0.2) is 101 Å². The maximum Gasteiger partial charge on any atom is 0.352 e. The Labute approximate surface area is 296 Å². The smallest absolute Gasteiger partial charge is 0.352 e. The van der Waals surface area contributed by atoms with E-state index in [1.54, 1.807) is 0 Å². The van der Waals surface area contributed by atoms with Crippen LogP contribution in [0.1, 0.15) is 31.0 Å². The van der Waals surface area contributed by atoms with E-state index in [0.29, 0.717) is 30.1 Å². The lowest BCUT2D eigenvalue weighted by atomic mass is 10.0. The molecule has 0 bridgehead atoms. The minimum Gasteiger partial charge on any atom is -0.478 e. The van der Waals surface area contributed by atoms with Crippen molar-refractivity contribution >= 4 is 74.4 Å². The van der Waals surface area contributed by atoms with E-state index in [4.69, 9.17) is 15.1 Å². The zero-order valence-corrected chi connectivity index (χ0v) is 28.7. The van der Waals surface area contributed by atoms with Gasteiger partial charge in [-0.1, -0.05) is 10.3 Å². The van der Waals surface area contributed by atoms with Gasteiger partial charge >= 0.3 is 11.9 Å². The number of oxime groups is 1. The molecule has 3 aliphatic rings. The molecule has 2 amide bonds. The molecule has 0 aromatic carbocycles. The van der Waals surface area contributed by atoms with Gasteiger partial charge in [0.15, 0.2) is 41.4 Å². The highest BCUT2D eigenvalue weighted by atomic mass is 32.2. The average molecular weight is 736 g/mol. The molecule has 20 heteroatoms. The van der Waals surface area contributed by atoms with Crippen molar-refractivity contribution in [2.75, 3.05) is 24.6 Å². The summed E-state index contributed by atoms with van der Waals surface area (Å²) in [7, 11) is 0. The van der Waals surface area contributed by atoms with Crippen LogP contribution in [0, 0.1) is 0 Å². The first-order valence-corrected chi connectivity index (χ1v) is 17.5. The Morgan fingerprint density at radius 3 is 2.82 bits per heavy atom. The predicted octanol–water partition coefficient (Wildman–Crippen LogP) is 0.376. The zero-order chi connectivity index (χ0) is 36.0. The molecule has 6 N–H and O–H groups in total. The summed E-state index contributed by atoms with van der Waals surface area (Å²) in [4.78, 5) is 65.6. The number of aliphatic carboxylic acids is 2. The second kappa shape index (κ2) is 13.2. The molecule has 51 heavy (non-hydrogen) atoms. The Bertz CT molecular complexity index is 2180. The van der Waals surface area contributed by atoms with E-state index in [1.165, 1.54) is 35.9 Å². The fourth-order valence-electron chi connectivity index (χ4n) is 5.70. The summed E-state index contributed by atoms with van der Waals surface area (Å²) < 4.78 is 9.40. The molecule has 264 valence electrons. The molecule has 4 aromatic heterocycles. The quantitative estimate of drug-likeness (QED) is 0.0573. The first-order chi connectivity index (χ1) is 24.4. The van der Waals surface area contributed by atoms with E-state index < -0.39 is 40.8 Å². The number of rotatable bonds is 12. The number of amides is 2. The lowest BCUT2D eigenvalue weighted by Crippen LogP contribution is -2.71. The van der Waals surface area contributed by atoms with Gasteiger partial charge in [0.25, 0.3) is 11.8 Å². The highest BCUT2D eigenvalue weighted by Gasteiger charge is 2.55. The summed E-state index contributed by atoms with van der Waals surface area (Å²) in [6, 6.07) is 4.64. The topological polar surface area (TPSA) is 244 Å². The van der Waals surface area contributed by atoms with Crippen LogP contribution >= 0.6 is 23.1 Å². The lowest BCUT2D eigenvalue weighted by molar-refractivity contribution is -0.687. The number of carbonyl (C=O) groups excluding carboxylic acids is 2. The molecule has 0 unspecified atom stereocenters. The van der Waals surface area contributed by atoms with E-state index in [9.17, 15) is 29.4 Å². The average Bonchev–Trinajstić information content (AvgIpc) is 3.92. The summed E-state index contributed by atoms with van der Waals surface area (Å²) in [5.41, 5.74) is 5.56. The molecule has 7 rings (SSSR count). The number of carboxylic acid groups (broad SMARTS) is 2. The molecular formula is C31H31N10O8S2+. The fourth-order valence-corrected chi connectivity index (χ4v) is 7.58. The van der Waals surface area contributed by atoms with Gasteiger partial charge in [-0.25, -0.2) is 19.1 Å². The standard InChI is InChI=1S/C31H30N10O8S2/c1-31(2,29(46)47)49-38-21(19-14-51-30(32)35-19)25(42)36-22-26(43)41-23(28(44)45)16(13-50-27(22)41)11-39-7-4-20-15(10-39)3-8-40(20)12-17-9-18(37-48-17)24-33-5-6-34-24/h3-4,7-10,14,22,27H,5-6,11-13H2,1-2H3,(H5-,32,33,34,35,36,42,44,45,46,47)/p+1/b38-21-/t22-,27-/m1/s1. The summed E-state index contributed by atoms with van der Waals surface area (Å²) in [6.45, 7) is 4.63. The monoisotopic (exact) mass is 735 g/mol. The molecule has 18 nitrogen and oxygen atoms in total. The highest BCUT2D eigenvalue weighted by Crippen LogP contribution is 2.40. The summed E-state index contributed by atoms with van der Waals surface area (Å²) >= 11 is 2.34. The van der Waals surface area contributed by atoms with Crippen molar-refractivity contribution in [3.63, 3.8) is 0 Å². The molecule has 0 saturated carbocycles. The molecule has 4 aromatic rings. The van der Waals surface area contributed by atoms with E-state index in [-0.39, 0.29) is 34.5 Å². The van der Waals surface area contributed by atoms with Crippen molar-refractivity contribution in [2.45, 2.75) is 44.0 Å². The van der Waals surface area contributed by atoms with E-state index >= 15 is 0 Å². The predicted molar refractivity (Wildman–Crippen MR) is 183 cm³/mol. The third-order valence-corrected chi connectivity index (χ3v) is 10.4. The van der Waals surface area contributed by atoms with Crippen LogP contribution in [0.3, 0.4) is 0 Å². The molecule has 0 radical (unpaired) electrons. The molecule has 0 spiro atoms. The molecule has 1 saturated heterocycles. The van der Waals surface area contributed by atoms with Crippen molar-refractivity contribution in [1.82, 2.24) is 30.2 Å². The maximum atomic E-state index is 13.4. The Balaban J connectivity index is 1.06. The van der Waals surface area contributed by atoms with Crippen LogP contribution in [0.2, 0.25) is 0 Å². The van der Waals surface area contributed by atoms with E-state index in [0.717, 1.165) is 34.6 Å². The van der Waals surface area contributed by atoms with Crippen molar-refractivity contribution in [2.24, 2.45) is 10.1 Å². The Morgan fingerprint density at radius 1 is 1.29 bits per heavy atom. The molecule has 7 heterocycles. The highest BCUT2D eigenvalue weighted by molar-refractivity contribution is 8.00. The molecule has 2 atom stereocenters. The molecule has 3 aliphatic heterocycles. The Morgan fingerprint density at radius 2 is 2.12 bits per heavy atom. The van der Waals surface area contributed by atoms with Crippen LogP contribution in [-0.2, 0) is 37.1 Å². The second-order valence-corrected chi connectivity index (χ2v) is 14.3. The summed E-state index contributed by atoms with van der Waals surface area (Å²) in [6.07, 6.45) is 5.67. The van der Waals surface area contributed by atoms with Crippen molar-refractivity contribution in [3.8, 4) is 0 Å². The van der Waals surface area contributed by atoms with Gasteiger partial charge in [-0.2, -0.15) is 0 Å². The number of nitrogens with one attached hydrogen (secondary N) is 2. The van der Waals surface area contributed by atoms with Crippen molar-refractivity contribution < 1.29 is 43.3 Å². The number of hydrogen-bond acceptors (Lipinski definition) is 14. The maximum absolute atomic E-state index is 13.4. The number of nitrogen functional groups attached to an aromatic ring is 1. The van der Waals surface area contributed by atoms with Crippen LogP contribution in [0.15, 0.2) is 68.1 Å². The summed E-state index contributed by atoms with van der Waals surface area (Å²) in [5.74, 6) is -2.41.